The second-order valence-electron chi connectivity index (χ2n) is 6.02. The molecule has 1 aliphatic rings. The number of aromatic nitrogens is 3. The summed E-state index contributed by atoms with van der Waals surface area (Å²) >= 11 is 5.81. The molecule has 3 aromatic rings. The molecule has 4 rings (SSSR count). The molecule has 9 heteroatoms. The first-order valence-electron chi connectivity index (χ1n) is 8.03. The molecule has 2 aromatic carbocycles. The van der Waals surface area contributed by atoms with Crippen LogP contribution in [0.2, 0.25) is 5.02 Å². The highest BCUT2D eigenvalue weighted by molar-refractivity contribution is 6.30. The van der Waals surface area contributed by atoms with E-state index in [0.717, 1.165) is 6.07 Å². The number of hydrogen-bond donors (Lipinski definition) is 1. The first-order valence-corrected chi connectivity index (χ1v) is 8.41. The lowest BCUT2D eigenvalue weighted by molar-refractivity contribution is -0.154. The summed E-state index contributed by atoms with van der Waals surface area (Å²) < 4.78 is 52.4. The number of ether oxygens (including phenoxy) is 2. The molecule has 1 fully saturated rings. The van der Waals surface area contributed by atoms with Gasteiger partial charge < -0.3 is 9.47 Å². The Morgan fingerprint density at radius 3 is 2.37 bits per heavy atom. The molecule has 1 aromatic heterocycles. The Kier molecular flexibility index (Phi) is 4.32. The molecule has 1 saturated heterocycles. The average Bonchev–Trinajstić information content (AvgIpc) is 3.11. The third kappa shape index (κ3) is 3.26. The lowest BCUT2D eigenvalue weighted by Crippen LogP contribution is -2.44. The fraction of sp³-hybridized carbons (Fsp3) is 0.222. The van der Waals surface area contributed by atoms with Crippen molar-refractivity contribution in [1.29, 1.82) is 0 Å². The van der Waals surface area contributed by atoms with Crippen LogP contribution in [0.15, 0.2) is 48.8 Å². The standard InChI is InChI=1S/C18H13ClF3N3O2/c19-11-1-3-12(4-2-11)27-13-5-6-14(15(9-13)18(20,21)22)17(7-8-26-17)16-23-10-24-25-16/h1-6,9-10H,7-8H2,(H,23,24,25). The van der Waals surface area contributed by atoms with Crippen molar-refractivity contribution in [3.63, 3.8) is 0 Å². The van der Waals surface area contributed by atoms with Crippen molar-refractivity contribution in [1.82, 2.24) is 15.2 Å². The summed E-state index contributed by atoms with van der Waals surface area (Å²) in [6, 6.07) is 10.1. The van der Waals surface area contributed by atoms with Gasteiger partial charge in [0, 0.05) is 17.0 Å². The summed E-state index contributed by atoms with van der Waals surface area (Å²) in [5.74, 6) is 0.677. The normalized spacial score (nSPS) is 19.6. The Labute approximate surface area is 157 Å². The van der Waals surface area contributed by atoms with E-state index in [2.05, 4.69) is 15.2 Å². The fourth-order valence-corrected chi connectivity index (χ4v) is 3.17. The van der Waals surface area contributed by atoms with Crippen LogP contribution in [0.4, 0.5) is 13.2 Å². The summed E-state index contributed by atoms with van der Waals surface area (Å²) in [6.07, 6.45) is -2.99. The first kappa shape index (κ1) is 17.8. The second kappa shape index (κ2) is 6.54. The van der Waals surface area contributed by atoms with E-state index in [1.807, 2.05) is 0 Å². The van der Waals surface area contributed by atoms with E-state index >= 15 is 0 Å². The van der Waals surface area contributed by atoms with Gasteiger partial charge >= 0.3 is 6.18 Å². The van der Waals surface area contributed by atoms with Gasteiger partial charge in [-0.3, -0.25) is 5.10 Å². The lowest BCUT2D eigenvalue weighted by Gasteiger charge is -2.41. The first-order chi connectivity index (χ1) is 12.9. The highest BCUT2D eigenvalue weighted by atomic mass is 35.5. The second-order valence-corrected chi connectivity index (χ2v) is 6.46. The summed E-state index contributed by atoms with van der Waals surface area (Å²) in [5, 5.41) is 6.86. The van der Waals surface area contributed by atoms with Gasteiger partial charge in [0.15, 0.2) is 11.4 Å². The van der Waals surface area contributed by atoms with Crippen LogP contribution < -0.4 is 4.74 Å². The third-order valence-electron chi connectivity index (χ3n) is 4.38. The molecule has 0 saturated carbocycles. The summed E-state index contributed by atoms with van der Waals surface area (Å²) in [7, 11) is 0. The molecule has 1 unspecified atom stereocenters. The fourth-order valence-electron chi connectivity index (χ4n) is 3.05. The van der Waals surface area contributed by atoms with Crippen molar-refractivity contribution in [2.75, 3.05) is 6.61 Å². The van der Waals surface area contributed by atoms with E-state index in [0.29, 0.717) is 23.8 Å². The number of alkyl halides is 3. The summed E-state index contributed by atoms with van der Waals surface area (Å²) in [4.78, 5) is 4.01. The minimum absolute atomic E-state index is 0.0264. The zero-order valence-corrected chi connectivity index (χ0v) is 14.5. The van der Waals surface area contributed by atoms with Crippen LogP contribution in [0.1, 0.15) is 23.4 Å². The maximum atomic E-state index is 13.8. The summed E-state index contributed by atoms with van der Waals surface area (Å²) in [6.45, 7) is 0.334. The topological polar surface area (TPSA) is 60.0 Å². The van der Waals surface area contributed by atoms with Gasteiger partial charge in [0.05, 0.1) is 12.2 Å². The zero-order chi connectivity index (χ0) is 19.1. The van der Waals surface area contributed by atoms with E-state index in [9.17, 15) is 13.2 Å². The van der Waals surface area contributed by atoms with Crippen molar-refractivity contribution in [3.05, 3.63) is 70.8 Å². The van der Waals surface area contributed by atoms with E-state index in [1.54, 1.807) is 24.3 Å². The van der Waals surface area contributed by atoms with E-state index < -0.39 is 17.3 Å². The highest BCUT2D eigenvalue weighted by Gasteiger charge is 2.50. The third-order valence-corrected chi connectivity index (χ3v) is 4.63. The van der Waals surface area contributed by atoms with Gasteiger partial charge in [0.2, 0.25) is 0 Å². The molecule has 1 aliphatic heterocycles. The molecule has 140 valence electrons. The van der Waals surface area contributed by atoms with Gasteiger partial charge in [-0.15, -0.1) is 0 Å². The molecular weight excluding hydrogens is 383 g/mol. The van der Waals surface area contributed by atoms with Gasteiger partial charge in [0.25, 0.3) is 0 Å². The predicted octanol–water partition coefficient (Wildman–Crippen LogP) is 4.93. The SMILES string of the molecule is FC(F)(F)c1cc(Oc2ccc(Cl)cc2)ccc1C1(c2ncn[nH]2)CCO1. The van der Waals surface area contributed by atoms with Crippen molar-refractivity contribution in [2.45, 2.75) is 18.2 Å². The highest BCUT2D eigenvalue weighted by Crippen LogP contribution is 2.48. The van der Waals surface area contributed by atoms with Crippen molar-refractivity contribution >= 4 is 11.6 Å². The van der Waals surface area contributed by atoms with Crippen LogP contribution in [0.25, 0.3) is 0 Å². The number of halogens is 4. The number of nitrogens with zero attached hydrogens (tertiary/aromatic N) is 2. The molecule has 0 aliphatic carbocycles. The quantitative estimate of drug-likeness (QED) is 0.680. The summed E-state index contributed by atoms with van der Waals surface area (Å²) in [5.41, 5.74) is -2.16. The molecule has 0 amide bonds. The number of aromatic amines is 1. The van der Waals surface area contributed by atoms with E-state index in [1.165, 1.54) is 18.5 Å². The smallest absolute Gasteiger partial charge is 0.416 e. The number of rotatable bonds is 4. The maximum Gasteiger partial charge on any atom is 0.416 e. The Hall–Kier alpha value is -2.58. The zero-order valence-electron chi connectivity index (χ0n) is 13.8. The van der Waals surface area contributed by atoms with Crippen LogP contribution in [-0.2, 0) is 16.5 Å². The average molecular weight is 396 g/mol. The Morgan fingerprint density at radius 1 is 1.11 bits per heavy atom. The van der Waals surface area contributed by atoms with Crippen molar-refractivity contribution in [2.24, 2.45) is 0 Å². The van der Waals surface area contributed by atoms with E-state index in [4.69, 9.17) is 21.1 Å². The van der Waals surface area contributed by atoms with Gasteiger partial charge in [-0.25, -0.2) is 4.98 Å². The van der Waals surface area contributed by atoms with Gasteiger partial charge in [0.1, 0.15) is 17.8 Å². The van der Waals surface area contributed by atoms with Crippen LogP contribution in [-0.4, -0.2) is 21.8 Å². The van der Waals surface area contributed by atoms with Crippen molar-refractivity contribution in [3.8, 4) is 11.5 Å². The number of nitrogens with one attached hydrogen (secondary N) is 1. The molecule has 2 heterocycles. The largest absolute Gasteiger partial charge is 0.457 e. The van der Waals surface area contributed by atoms with Gasteiger partial charge in [-0.1, -0.05) is 17.7 Å². The van der Waals surface area contributed by atoms with Crippen LogP contribution in [0.3, 0.4) is 0 Å². The van der Waals surface area contributed by atoms with Crippen LogP contribution in [0.5, 0.6) is 11.5 Å². The van der Waals surface area contributed by atoms with Gasteiger partial charge in [-0.2, -0.15) is 18.3 Å². The lowest BCUT2D eigenvalue weighted by atomic mass is 9.82. The predicted molar refractivity (Wildman–Crippen MR) is 90.7 cm³/mol. The molecule has 5 nitrogen and oxygen atoms in total. The van der Waals surface area contributed by atoms with Crippen LogP contribution >= 0.6 is 11.6 Å². The number of hydrogen-bond acceptors (Lipinski definition) is 4. The van der Waals surface area contributed by atoms with Crippen molar-refractivity contribution < 1.29 is 22.6 Å². The number of H-pyrrole nitrogens is 1. The Balaban J connectivity index is 1.76. The van der Waals surface area contributed by atoms with Gasteiger partial charge in [-0.05, 0) is 36.4 Å². The molecule has 0 bridgehead atoms. The molecule has 27 heavy (non-hydrogen) atoms. The maximum absolute atomic E-state index is 13.8. The minimum atomic E-state index is -4.60. The minimum Gasteiger partial charge on any atom is -0.457 e. The van der Waals surface area contributed by atoms with E-state index in [-0.39, 0.29) is 17.1 Å². The molecule has 1 N–H and O–H groups in total. The molecular formula is C18H13ClF3N3O2. The number of benzene rings is 2. The molecule has 0 spiro atoms. The van der Waals surface area contributed by atoms with Crippen LogP contribution in [0, 0.1) is 0 Å². The Bertz CT molecular complexity index is 939. The Morgan fingerprint density at radius 2 is 1.81 bits per heavy atom. The monoisotopic (exact) mass is 395 g/mol. The molecule has 1 atom stereocenters. The molecule has 0 radical (unpaired) electrons.